The molecule has 6 heteroatoms. The molecule has 0 bridgehead atoms. The van der Waals surface area contributed by atoms with Crippen LogP contribution in [-0.2, 0) is 6.54 Å². The third-order valence-corrected chi connectivity index (χ3v) is 4.81. The molecule has 0 radical (unpaired) electrons. The van der Waals surface area contributed by atoms with E-state index in [1.807, 2.05) is 6.07 Å². The minimum atomic E-state index is 0. The molecule has 1 aromatic carbocycles. The molecule has 0 unspecified atom stereocenters. The summed E-state index contributed by atoms with van der Waals surface area (Å²) in [5, 5.41) is 3.31. The van der Waals surface area contributed by atoms with Gasteiger partial charge in [0, 0.05) is 56.8 Å². The highest BCUT2D eigenvalue weighted by atomic mass is 35.5. The molecule has 0 aliphatic carbocycles. The van der Waals surface area contributed by atoms with Crippen molar-refractivity contribution in [3.05, 3.63) is 41.4 Å². The zero-order chi connectivity index (χ0) is 14.5. The van der Waals surface area contributed by atoms with Crippen LogP contribution >= 0.6 is 23.7 Å². The molecule has 0 amide bonds. The zero-order valence-electron chi connectivity index (χ0n) is 12.6. The van der Waals surface area contributed by atoms with Gasteiger partial charge in [-0.1, -0.05) is 30.3 Å². The molecule has 0 spiro atoms. The second-order valence-corrected chi connectivity index (χ2v) is 6.27. The van der Waals surface area contributed by atoms with E-state index in [0.29, 0.717) is 0 Å². The number of thiazole rings is 1. The van der Waals surface area contributed by atoms with Crippen molar-refractivity contribution in [1.82, 2.24) is 14.8 Å². The van der Waals surface area contributed by atoms with E-state index < -0.39 is 0 Å². The summed E-state index contributed by atoms with van der Waals surface area (Å²) in [6, 6.07) is 10.4. The van der Waals surface area contributed by atoms with Crippen molar-refractivity contribution >= 4 is 23.7 Å². The third-order valence-electron chi connectivity index (χ3n) is 3.87. The Morgan fingerprint density at radius 2 is 1.73 bits per heavy atom. The molecule has 120 valence electrons. The molecule has 2 N–H and O–H groups in total. The van der Waals surface area contributed by atoms with Crippen molar-refractivity contribution in [1.29, 1.82) is 0 Å². The molecule has 0 saturated carbocycles. The molecule has 1 saturated heterocycles. The molecule has 1 aliphatic rings. The molecule has 1 aromatic heterocycles. The Balaban J connectivity index is 0.00000176. The molecular weight excluding hydrogens is 316 g/mol. The number of aromatic nitrogens is 1. The molecule has 2 heterocycles. The van der Waals surface area contributed by atoms with Crippen LogP contribution in [0.2, 0.25) is 0 Å². The summed E-state index contributed by atoms with van der Waals surface area (Å²) in [6.07, 6.45) is 0. The minimum absolute atomic E-state index is 0. The van der Waals surface area contributed by atoms with E-state index in [0.717, 1.165) is 50.8 Å². The molecular formula is C16H23ClN4S. The molecule has 4 nitrogen and oxygen atoms in total. The van der Waals surface area contributed by atoms with Crippen LogP contribution in [0.4, 0.5) is 0 Å². The van der Waals surface area contributed by atoms with Crippen LogP contribution in [0.5, 0.6) is 0 Å². The lowest BCUT2D eigenvalue weighted by atomic mass is 10.2. The molecule has 2 aromatic rings. The fourth-order valence-corrected chi connectivity index (χ4v) is 3.49. The minimum Gasteiger partial charge on any atom is -0.329 e. The highest BCUT2D eigenvalue weighted by Crippen LogP contribution is 2.24. The second kappa shape index (κ2) is 8.60. The van der Waals surface area contributed by atoms with Crippen LogP contribution < -0.4 is 5.73 Å². The lowest BCUT2D eigenvalue weighted by Crippen LogP contribution is -2.47. The molecule has 1 fully saturated rings. The number of hydrogen-bond acceptors (Lipinski definition) is 5. The average Bonchev–Trinajstić information content (AvgIpc) is 2.99. The summed E-state index contributed by atoms with van der Waals surface area (Å²) >= 11 is 1.74. The van der Waals surface area contributed by atoms with Gasteiger partial charge in [-0.2, -0.15) is 0 Å². The number of rotatable bonds is 5. The Morgan fingerprint density at radius 1 is 1.05 bits per heavy atom. The summed E-state index contributed by atoms with van der Waals surface area (Å²) in [7, 11) is 0. The van der Waals surface area contributed by atoms with Crippen molar-refractivity contribution in [2.75, 3.05) is 39.3 Å². The van der Waals surface area contributed by atoms with Gasteiger partial charge in [0.15, 0.2) is 0 Å². The molecule has 3 rings (SSSR count). The van der Waals surface area contributed by atoms with E-state index in [9.17, 15) is 0 Å². The molecule has 22 heavy (non-hydrogen) atoms. The quantitative estimate of drug-likeness (QED) is 0.908. The van der Waals surface area contributed by atoms with Gasteiger partial charge in [0.25, 0.3) is 0 Å². The Morgan fingerprint density at radius 3 is 2.41 bits per heavy atom. The fourth-order valence-electron chi connectivity index (χ4n) is 2.68. The number of hydrogen-bond donors (Lipinski definition) is 1. The summed E-state index contributed by atoms with van der Waals surface area (Å²) in [6.45, 7) is 7.19. The predicted molar refractivity (Wildman–Crippen MR) is 95.6 cm³/mol. The van der Waals surface area contributed by atoms with Gasteiger partial charge in [-0.15, -0.1) is 23.7 Å². The maximum absolute atomic E-state index is 5.61. The van der Waals surface area contributed by atoms with Crippen molar-refractivity contribution in [2.24, 2.45) is 5.73 Å². The van der Waals surface area contributed by atoms with Gasteiger partial charge in [-0.25, -0.2) is 4.98 Å². The van der Waals surface area contributed by atoms with E-state index in [-0.39, 0.29) is 12.4 Å². The predicted octanol–water partition coefficient (Wildman–Crippen LogP) is 2.31. The van der Waals surface area contributed by atoms with Crippen LogP contribution in [0.1, 0.15) is 5.69 Å². The van der Waals surface area contributed by atoms with Gasteiger partial charge in [-0.3, -0.25) is 9.80 Å². The average molecular weight is 339 g/mol. The van der Waals surface area contributed by atoms with E-state index in [1.165, 1.54) is 11.3 Å². The Kier molecular flexibility index (Phi) is 6.79. The van der Waals surface area contributed by atoms with Crippen LogP contribution in [0.3, 0.4) is 0 Å². The molecule has 1 aliphatic heterocycles. The second-order valence-electron chi connectivity index (χ2n) is 5.42. The Labute approximate surface area is 142 Å². The lowest BCUT2D eigenvalue weighted by molar-refractivity contribution is 0.129. The number of nitrogens with two attached hydrogens (primary N) is 1. The van der Waals surface area contributed by atoms with Crippen molar-refractivity contribution in [2.45, 2.75) is 6.54 Å². The van der Waals surface area contributed by atoms with E-state index in [4.69, 9.17) is 10.7 Å². The van der Waals surface area contributed by atoms with Gasteiger partial charge in [0.2, 0.25) is 0 Å². The van der Waals surface area contributed by atoms with Gasteiger partial charge in [0.05, 0.1) is 5.69 Å². The monoisotopic (exact) mass is 338 g/mol. The van der Waals surface area contributed by atoms with Crippen molar-refractivity contribution in [3.8, 4) is 10.6 Å². The summed E-state index contributed by atoms with van der Waals surface area (Å²) < 4.78 is 0. The van der Waals surface area contributed by atoms with Crippen LogP contribution in [0.15, 0.2) is 35.7 Å². The number of halogens is 1. The number of nitrogens with zero attached hydrogens (tertiary/aromatic N) is 3. The van der Waals surface area contributed by atoms with Crippen LogP contribution in [0.25, 0.3) is 10.6 Å². The number of benzene rings is 1. The third kappa shape index (κ3) is 4.51. The Bertz CT molecular complexity index is 552. The first kappa shape index (κ1) is 17.4. The lowest BCUT2D eigenvalue weighted by Gasteiger charge is -2.34. The maximum Gasteiger partial charge on any atom is 0.123 e. The van der Waals surface area contributed by atoms with Gasteiger partial charge < -0.3 is 5.73 Å². The van der Waals surface area contributed by atoms with Gasteiger partial charge >= 0.3 is 0 Å². The van der Waals surface area contributed by atoms with E-state index >= 15 is 0 Å². The van der Waals surface area contributed by atoms with E-state index in [2.05, 4.69) is 39.4 Å². The fraction of sp³-hybridized carbons (Fsp3) is 0.438. The zero-order valence-corrected chi connectivity index (χ0v) is 14.3. The van der Waals surface area contributed by atoms with Crippen LogP contribution in [-0.4, -0.2) is 54.1 Å². The van der Waals surface area contributed by atoms with Crippen molar-refractivity contribution in [3.63, 3.8) is 0 Å². The largest absolute Gasteiger partial charge is 0.329 e. The highest BCUT2D eigenvalue weighted by molar-refractivity contribution is 7.13. The normalized spacial score (nSPS) is 16.4. The Hall–Kier alpha value is -0.980. The topological polar surface area (TPSA) is 45.4 Å². The first-order valence-corrected chi connectivity index (χ1v) is 8.38. The number of piperazine rings is 1. The maximum atomic E-state index is 5.61. The SMILES string of the molecule is Cl.NCCN1CCN(Cc2csc(-c3ccccc3)n2)CC1. The summed E-state index contributed by atoms with van der Waals surface area (Å²) in [4.78, 5) is 9.69. The molecule has 0 atom stereocenters. The van der Waals surface area contributed by atoms with Gasteiger partial charge in [0.1, 0.15) is 5.01 Å². The smallest absolute Gasteiger partial charge is 0.123 e. The van der Waals surface area contributed by atoms with E-state index in [1.54, 1.807) is 11.3 Å². The first-order valence-electron chi connectivity index (χ1n) is 7.50. The van der Waals surface area contributed by atoms with Crippen molar-refractivity contribution < 1.29 is 0 Å². The van der Waals surface area contributed by atoms with Gasteiger partial charge in [-0.05, 0) is 0 Å². The highest BCUT2D eigenvalue weighted by Gasteiger charge is 2.17. The standard InChI is InChI=1S/C16H22N4S.ClH/c17-6-7-19-8-10-20(11-9-19)12-15-13-21-16(18-15)14-4-2-1-3-5-14;/h1-5,13H,6-12,17H2;1H. The first-order chi connectivity index (χ1) is 10.3. The van der Waals surface area contributed by atoms with Crippen LogP contribution in [0, 0.1) is 0 Å². The summed E-state index contributed by atoms with van der Waals surface area (Å²) in [5.74, 6) is 0. The summed E-state index contributed by atoms with van der Waals surface area (Å²) in [5.41, 5.74) is 8.01.